The Bertz CT molecular complexity index is 3840. The summed E-state index contributed by atoms with van der Waals surface area (Å²) in [5.41, 5.74) is 11.9. The molecule has 0 aliphatic heterocycles. The number of para-hydroxylation sites is 2. The minimum absolute atomic E-state index is 0.593. The zero-order chi connectivity index (χ0) is 38.6. The number of benzene rings is 9. The van der Waals surface area contributed by atoms with Gasteiger partial charge in [-0.2, -0.15) is 0 Å². The van der Waals surface area contributed by atoms with Crippen LogP contribution in [0.1, 0.15) is 0 Å². The van der Waals surface area contributed by atoms with E-state index in [2.05, 4.69) is 150 Å². The van der Waals surface area contributed by atoms with Crippen LogP contribution in [0.25, 0.3) is 127 Å². The van der Waals surface area contributed by atoms with Crippen LogP contribution in [-0.2, 0) is 0 Å². The van der Waals surface area contributed by atoms with E-state index in [1.165, 1.54) is 21.5 Å². The van der Waals surface area contributed by atoms with Crippen LogP contribution >= 0.6 is 0 Å². The largest absolute Gasteiger partial charge is 0.455 e. The third-order valence-electron chi connectivity index (χ3n) is 11.9. The van der Waals surface area contributed by atoms with Crippen LogP contribution in [0.3, 0.4) is 0 Å². The van der Waals surface area contributed by atoms with E-state index >= 15 is 0 Å². The third kappa shape index (κ3) is 4.79. The number of furan rings is 2. The van der Waals surface area contributed by atoms with Gasteiger partial charge in [-0.05, 0) is 81.9 Å². The molecule has 0 amide bonds. The first-order chi connectivity index (χ1) is 29.2. The highest BCUT2D eigenvalue weighted by atomic mass is 16.3. The molecule has 0 fully saturated rings. The van der Waals surface area contributed by atoms with Gasteiger partial charge in [0.25, 0.3) is 0 Å². The summed E-state index contributed by atoms with van der Waals surface area (Å²) in [4.78, 5) is 11.0. The van der Waals surface area contributed by atoms with Gasteiger partial charge in [0.2, 0.25) is 0 Å². The van der Waals surface area contributed by atoms with E-state index in [1.54, 1.807) is 0 Å². The van der Waals surface area contributed by atoms with Gasteiger partial charge in [0, 0.05) is 49.1 Å². The summed E-state index contributed by atoms with van der Waals surface area (Å²) in [7, 11) is 0. The summed E-state index contributed by atoms with van der Waals surface area (Å²) in [6.07, 6.45) is 0. The average Bonchev–Trinajstić information content (AvgIpc) is 3.97. The van der Waals surface area contributed by atoms with Crippen molar-refractivity contribution in [3.05, 3.63) is 188 Å². The summed E-state index contributed by atoms with van der Waals surface area (Å²) < 4.78 is 15.9. The van der Waals surface area contributed by atoms with Crippen molar-refractivity contribution < 1.29 is 8.83 Å². The van der Waals surface area contributed by atoms with Gasteiger partial charge in [-0.3, -0.25) is 0 Å². The van der Waals surface area contributed by atoms with E-state index in [-0.39, 0.29) is 0 Å². The molecule has 0 atom stereocenters. The molecule has 0 saturated heterocycles. The van der Waals surface area contributed by atoms with Crippen molar-refractivity contribution in [3.63, 3.8) is 0 Å². The highest BCUT2D eigenvalue weighted by Crippen LogP contribution is 2.44. The SMILES string of the molecule is c1ccc(-c2ccc3oc4c(-c5ccccc5)nc(-c5cc(-n6c7ccccc7c7cc8ccccc8cc76)cc6ccc7c8ccccc8oc7c56)nc4c3c2)cc1. The van der Waals surface area contributed by atoms with Crippen molar-refractivity contribution in [1.82, 2.24) is 14.5 Å². The molecule has 0 saturated carbocycles. The Kier molecular flexibility index (Phi) is 6.66. The number of rotatable bonds is 4. The molecule has 0 radical (unpaired) electrons. The molecule has 4 aromatic heterocycles. The maximum atomic E-state index is 6.79. The van der Waals surface area contributed by atoms with Crippen LogP contribution in [0, 0.1) is 0 Å². The van der Waals surface area contributed by atoms with E-state index in [9.17, 15) is 0 Å². The van der Waals surface area contributed by atoms with Crippen molar-refractivity contribution in [2.75, 3.05) is 0 Å². The standard InChI is InChI=1S/C54H31N3O2/c1-3-13-32(14-4-1)36-24-26-48-43(29-36)51-53(59-48)50(33-15-5-2-6-16-33)55-54(56-51)44-31-38(27-37-23-25-41-40-20-10-12-22-47(40)58-52(41)49(37)44)57-45-21-11-9-19-39(45)42-28-34-17-7-8-18-35(34)30-46(42)57/h1-31H. The monoisotopic (exact) mass is 753 g/mol. The third-order valence-corrected chi connectivity index (χ3v) is 11.9. The molecule has 0 spiro atoms. The summed E-state index contributed by atoms with van der Waals surface area (Å²) >= 11 is 0. The summed E-state index contributed by atoms with van der Waals surface area (Å²) in [5.74, 6) is 0.593. The second-order valence-corrected chi connectivity index (χ2v) is 15.3. The normalized spacial score (nSPS) is 12.1. The molecule has 5 heteroatoms. The second kappa shape index (κ2) is 12.2. The fourth-order valence-electron chi connectivity index (χ4n) is 9.23. The Morgan fingerprint density at radius 2 is 1.08 bits per heavy atom. The van der Waals surface area contributed by atoms with Gasteiger partial charge < -0.3 is 13.4 Å². The Morgan fingerprint density at radius 3 is 1.93 bits per heavy atom. The first-order valence-electron chi connectivity index (χ1n) is 19.9. The lowest BCUT2D eigenvalue weighted by Gasteiger charge is -2.14. The fraction of sp³-hybridized carbons (Fsp3) is 0. The zero-order valence-corrected chi connectivity index (χ0v) is 31.6. The average molecular weight is 754 g/mol. The van der Waals surface area contributed by atoms with Gasteiger partial charge in [0.1, 0.15) is 28.0 Å². The summed E-state index contributed by atoms with van der Waals surface area (Å²) in [5, 5.41) is 9.87. The van der Waals surface area contributed by atoms with Crippen LogP contribution in [-0.4, -0.2) is 14.5 Å². The number of hydrogen-bond donors (Lipinski definition) is 0. The molecular weight excluding hydrogens is 723 g/mol. The Balaban J connectivity index is 1.17. The number of aromatic nitrogens is 3. The summed E-state index contributed by atoms with van der Waals surface area (Å²) in [6, 6.07) is 66.2. The Labute approximate surface area is 337 Å². The topological polar surface area (TPSA) is 57.0 Å². The van der Waals surface area contributed by atoms with E-state index in [0.29, 0.717) is 11.4 Å². The highest BCUT2D eigenvalue weighted by molar-refractivity contribution is 6.20. The zero-order valence-electron chi connectivity index (χ0n) is 31.6. The van der Waals surface area contributed by atoms with Gasteiger partial charge in [0.15, 0.2) is 11.4 Å². The second-order valence-electron chi connectivity index (χ2n) is 15.3. The minimum Gasteiger partial charge on any atom is -0.455 e. The molecule has 0 bridgehead atoms. The quantitative estimate of drug-likeness (QED) is 0.180. The molecular formula is C54H31N3O2. The molecule has 5 nitrogen and oxygen atoms in total. The van der Waals surface area contributed by atoms with Crippen molar-refractivity contribution in [1.29, 1.82) is 0 Å². The van der Waals surface area contributed by atoms with Crippen LogP contribution in [0.4, 0.5) is 0 Å². The molecule has 9 aromatic carbocycles. The molecule has 0 unspecified atom stereocenters. The van der Waals surface area contributed by atoms with Gasteiger partial charge in [-0.25, -0.2) is 9.97 Å². The van der Waals surface area contributed by atoms with Crippen LogP contribution in [0.15, 0.2) is 197 Å². The number of fused-ring (bicyclic) bond motifs is 12. The molecule has 13 rings (SSSR count). The van der Waals surface area contributed by atoms with Gasteiger partial charge in [-0.15, -0.1) is 0 Å². The Hall–Kier alpha value is -8.02. The van der Waals surface area contributed by atoms with E-state index in [1.807, 2.05) is 42.5 Å². The van der Waals surface area contributed by atoms with Crippen LogP contribution in [0.2, 0.25) is 0 Å². The fourth-order valence-corrected chi connectivity index (χ4v) is 9.23. The van der Waals surface area contributed by atoms with Crippen molar-refractivity contribution >= 4 is 87.4 Å². The molecule has 59 heavy (non-hydrogen) atoms. The lowest BCUT2D eigenvalue weighted by Crippen LogP contribution is -1.99. The van der Waals surface area contributed by atoms with E-state index in [0.717, 1.165) is 93.9 Å². The number of hydrogen-bond acceptors (Lipinski definition) is 4. The van der Waals surface area contributed by atoms with Gasteiger partial charge in [0.05, 0.1) is 11.0 Å². The minimum atomic E-state index is 0.593. The van der Waals surface area contributed by atoms with Crippen LogP contribution < -0.4 is 0 Å². The predicted molar refractivity (Wildman–Crippen MR) is 242 cm³/mol. The lowest BCUT2D eigenvalue weighted by molar-refractivity contribution is 0.667. The van der Waals surface area contributed by atoms with E-state index in [4.69, 9.17) is 18.8 Å². The van der Waals surface area contributed by atoms with Gasteiger partial charge >= 0.3 is 0 Å². The first kappa shape index (κ1) is 32.1. The maximum Gasteiger partial charge on any atom is 0.180 e. The molecule has 4 heterocycles. The molecule has 0 aliphatic carbocycles. The van der Waals surface area contributed by atoms with E-state index < -0.39 is 0 Å². The smallest absolute Gasteiger partial charge is 0.180 e. The Morgan fingerprint density at radius 1 is 0.390 bits per heavy atom. The summed E-state index contributed by atoms with van der Waals surface area (Å²) in [6.45, 7) is 0. The number of nitrogens with zero attached hydrogens (tertiary/aromatic N) is 3. The van der Waals surface area contributed by atoms with Crippen molar-refractivity contribution in [3.8, 4) is 39.5 Å². The molecule has 0 aliphatic rings. The molecule has 0 N–H and O–H groups in total. The first-order valence-corrected chi connectivity index (χ1v) is 19.9. The van der Waals surface area contributed by atoms with Crippen molar-refractivity contribution in [2.24, 2.45) is 0 Å². The molecule has 274 valence electrons. The van der Waals surface area contributed by atoms with Crippen molar-refractivity contribution in [2.45, 2.75) is 0 Å². The lowest BCUT2D eigenvalue weighted by atomic mass is 9.99. The maximum absolute atomic E-state index is 6.79. The van der Waals surface area contributed by atoms with Gasteiger partial charge in [-0.1, -0.05) is 133 Å². The molecule has 13 aromatic rings. The van der Waals surface area contributed by atoms with Crippen LogP contribution in [0.5, 0.6) is 0 Å². The highest BCUT2D eigenvalue weighted by Gasteiger charge is 2.24. The predicted octanol–water partition coefficient (Wildman–Crippen LogP) is 14.7.